The van der Waals surface area contributed by atoms with Gasteiger partial charge in [0.2, 0.25) is 0 Å². The lowest BCUT2D eigenvalue weighted by Gasteiger charge is -2.07. The van der Waals surface area contributed by atoms with Gasteiger partial charge in [-0.05, 0) is 19.1 Å². The molecule has 0 aliphatic rings. The van der Waals surface area contributed by atoms with Gasteiger partial charge in [-0.25, -0.2) is 18.4 Å². The number of hydrogen-bond donors (Lipinski definition) is 1. The number of rotatable bonds is 3. The van der Waals surface area contributed by atoms with Crippen LogP contribution < -0.4 is 5.73 Å². The summed E-state index contributed by atoms with van der Waals surface area (Å²) in [5, 5.41) is 0. The first-order valence-electron chi connectivity index (χ1n) is 5.86. The van der Waals surface area contributed by atoms with Crippen LogP contribution in [-0.4, -0.2) is 24.1 Å². The second-order valence-corrected chi connectivity index (χ2v) is 6.43. The zero-order chi connectivity index (χ0) is 14.0. The van der Waals surface area contributed by atoms with Crippen LogP contribution in [0.15, 0.2) is 35.5 Å². The summed E-state index contributed by atoms with van der Waals surface area (Å²) < 4.78 is 23.4. The van der Waals surface area contributed by atoms with Crippen molar-refractivity contribution in [3.63, 3.8) is 0 Å². The highest BCUT2D eigenvalue weighted by atomic mass is 32.2. The predicted molar refractivity (Wildman–Crippen MR) is 74.3 cm³/mol. The Kier molecular flexibility index (Phi) is 3.53. The Balaban J connectivity index is 2.47. The smallest absolute Gasteiger partial charge is 0.178 e. The molecule has 0 saturated heterocycles. The summed E-state index contributed by atoms with van der Waals surface area (Å²) in [5.41, 5.74) is 8.53. The summed E-state index contributed by atoms with van der Waals surface area (Å²) in [6.45, 7) is 3.42. The lowest BCUT2D eigenvalue weighted by molar-refractivity contribution is 0.597. The Bertz CT molecular complexity index is 694. The topological polar surface area (TPSA) is 85.9 Å². The van der Waals surface area contributed by atoms with E-state index in [0.29, 0.717) is 22.0 Å². The summed E-state index contributed by atoms with van der Waals surface area (Å²) in [6, 6.07) is 6.57. The van der Waals surface area contributed by atoms with Crippen LogP contribution in [0.2, 0.25) is 0 Å². The van der Waals surface area contributed by atoms with Crippen LogP contribution in [0.4, 0.5) is 5.69 Å². The van der Waals surface area contributed by atoms with Crippen molar-refractivity contribution in [1.82, 2.24) is 9.97 Å². The van der Waals surface area contributed by atoms with Crippen molar-refractivity contribution in [2.75, 3.05) is 11.5 Å². The fraction of sp³-hybridized carbons (Fsp3) is 0.231. The molecule has 5 nitrogen and oxygen atoms in total. The zero-order valence-corrected chi connectivity index (χ0v) is 11.6. The molecule has 6 heteroatoms. The largest absolute Gasteiger partial charge is 0.395 e. The molecule has 19 heavy (non-hydrogen) atoms. The molecule has 1 aromatic carbocycles. The van der Waals surface area contributed by atoms with Gasteiger partial charge >= 0.3 is 0 Å². The van der Waals surface area contributed by atoms with Gasteiger partial charge < -0.3 is 5.73 Å². The number of benzene rings is 1. The van der Waals surface area contributed by atoms with Gasteiger partial charge in [-0.2, -0.15) is 0 Å². The Morgan fingerprint density at radius 3 is 2.37 bits per heavy atom. The minimum atomic E-state index is -3.18. The van der Waals surface area contributed by atoms with E-state index in [1.807, 2.05) is 0 Å². The summed E-state index contributed by atoms with van der Waals surface area (Å²) in [5.74, 6) is 0.0844. The molecule has 0 aliphatic carbocycles. The van der Waals surface area contributed by atoms with Gasteiger partial charge in [0.05, 0.1) is 27.7 Å². The van der Waals surface area contributed by atoms with E-state index >= 15 is 0 Å². The van der Waals surface area contributed by atoms with Crippen molar-refractivity contribution in [3.8, 4) is 11.3 Å². The van der Waals surface area contributed by atoms with E-state index in [1.54, 1.807) is 38.1 Å². The van der Waals surface area contributed by atoms with Gasteiger partial charge in [0.25, 0.3) is 0 Å². The number of nitrogen functional groups attached to an aromatic ring is 1. The molecular formula is C13H15N3O2S. The maximum absolute atomic E-state index is 11.7. The fourth-order valence-electron chi connectivity index (χ4n) is 1.70. The third-order valence-electron chi connectivity index (χ3n) is 2.95. The van der Waals surface area contributed by atoms with E-state index in [-0.39, 0.29) is 5.75 Å². The summed E-state index contributed by atoms with van der Waals surface area (Å²) in [6.07, 6.45) is 1.44. The molecule has 0 radical (unpaired) electrons. The van der Waals surface area contributed by atoms with Crippen LogP contribution >= 0.6 is 0 Å². The van der Waals surface area contributed by atoms with Gasteiger partial charge in [-0.1, -0.05) is 19.1 Å². The summed E-state index contributed by atoms with van der Waals surface area (Å²) in [7, 11) is -3.18. The highest BCUT2D eigenvalue weighted by Gasteiger charge is 2.12. The Labute approximate surface area is 112 Å². The van der Waals surface area contributed by atoms with Gasteiger partial charge in [0, 0.05) is 5.56 Å². The van der Waals surface area contributed by atoms with E-state index < -0.39 is 9.84 Å². The monoisotopic (exact) mass is 277 g/mol. The maximum atomic E-state index is 11.7. The van der Waals surface area contributed by atoms with Crippen LogP contribution in [0.5, 0.6) is 0 Å². The van der Waals surface area contributed by atoms with E-state index in [1.165, 1.54) is 6.33 Å². The Morgan fingerprint density at radius 2 is 1.79 bits per heavy atom. The molecular weight excluding hydrogens is 262 g/mol. The average molecular weight is 277 g/mol. The van der Waals surface area contributed by atoms with Gasteiger partial charge in [-0.3, -0.25) is 0 Å². The standard InChI is InChI=1S/C13H15N3O2S/c1-3-19(17,18)11-6-4-10(5-7-11)13-12(14)9(2)15-8-16-13/h4-8H,3,14H2,1-2H3. The summed E-state index contributed by atoms with van der Waals surface area (Å²) in [4.78, 5) is 8.45. The highest BCUT2D eigenvalue weighted by Crippen LogP contribution is 2.25. The van der Waals surface area contributed by atoms with Crippen molar-refractivity contribution < 1.29 is 8.42 Å². The third kappa shape index (κ3) is 2.58. The fourth-order valence-corrected chi connectivity index (χ4v) is 2.58. The quantitative estimate of drug-likeness (QED) is 0.925. The average Bonchev–Trinajstić information content (AvgIpc) is 2.42. The number of anilines is 1. The van der Waals surface area contributed by atoms with Crippen molar-refractivity contribution in [2.24, 2.45) is 0 Å². The van der Waals surface area contributed by atoms with Crippen molar-refractivity contribution in [3.05, 3.63) is 36.3 Å². The molecule has 2 aromatic rings. The first-order valence-corrected chi connectivity index (χ1v) is 7.51. The van der Waals surface area contributed by atoms with Crippen LogP contribution in [0.25, 0.3) is 11.3 Å². The Morgan fingerprint density at radius 1 is 1.16 bits per heavy atom. The molecule has 100 valence electrons. The number of nitrogens with two attached hydrogens (primary N) is 1. The number of aromatic nitrogens is 2. The third-order valence-corrected chi connectivity index (χ3v) is 4.70. The van der Waals surface area contributed by atoms with Crippen molar-refractivity contribution in [1.29, 1.82) is 0 Å². The van der Waals surface area contributed by atoms with Crippen LogP contribution in [-0.2, 0) is 9.84 Å². The molecule has 2 rings (SSSR count). The van der Waals surface area contributed by atoms with Crippen LogP contribution in [0.3, 0.4) is 0 Å². The second kappa shape index (κ2) is 4.97. The van der Waals surface area contributed by atoms with Crippen molar-refractivity contribution in [2.45, 2.75) is 18.7 Å². The number of aryl methyl sites for hydroxylation is 1. The SMILES string of the molecule is CCS(=O)(=O)c1ccc(-c2ncnc(C)c2N)cc1. The molecule has 0 saturated carbocycles. The molecule has 0 spiro atoms. The van der Waals surface area contributed by atoms with Crippen LogP contribution in [0, 0.1) is 6.92 Å². The molecule has 2 N–H and O–H groups in total. The number of nitrogens with zero attached hydrogens (tertiary/aromatic N) is 2. The molecule has 0 fully saturated rings. The number of sulfone groups is 1. The molecule has 0 amide bonds. The zero-order valence-electron chi connectivity index (χ0n) is 10.8. The summed E-state index contributed by atoms with van der Waals surface area (Å²) >= 11 is 0. The van der Waals surface area contributed by atoms with E-state index in [2.05, 4.69) is 9.97 Å². The first kappa shape index (κ1) is 13.5. The molecule has 1 aromatic heterocycles. The minimum Gasteiger partial charge on any atom is -0.395 e. The van der Waals surface area contributed by atoms with Crippen molar-refractivity contribution >= 4 is 15.5 Å². The van der Waals surface area contributed by atoms with Crippen LogP contribution in [0.1, 0.15) is 12.6 Å². The number of hydrogen-bond acceptors (Lipinski definition) is 5. The first-order chi connectivity index (χ1) is 8.95. The van der Waals surface area contributed by atoms with E-state index in [0.717, 1.165) is 5.56 Å². The van der Waals surface area contributed by atoms with Gasteiger partial charge in [0.15, 0.2) is 9.84 Å². The lowest BCUT2D eigenvalue weighted by atomic mass is 10.1. The molecule has 0 atom stereocenters. The van der Waals surface area contributed by atoms with E-state index in [4.69, 9.17) is 5.73 Å². The molecule has 0 bridgehead atoms. The minimum absolute atomic E-state index is 0.0844. The predicted octanol–water partition coefficient (Wildman–Crippen LogP) is 1.83. The molecule has 0 aliphatic heterocycles. The molecule has 0 unspecified atom stereocenters. The van der Waals surface area contributed by atoms with Gasteiger partial charge in [0.1, 0.15) is 6.33 Å². The van der Waals surface area contributed by atoms with E-state index in [9.17, 15) is 8.42 Å². The second-order valence-electron chi connectivity index (χ2n) is 4.15. The van der Waals surface area contributed by atoms with Gasteiger partial charge in [-0.15, -0.1) is 0 Å². The normalized spacial score (nSPS) is 11.5. The lowest BCUT2D eigenvalue weighted by Crippen LogP contribution is -2.03. The molecule has 1 heterocycles. The maximum Gasteiger partial charge on any atom is 0.178 e. The highest BCUT2D eigenvalue weighted by molar-refractivity contribution is 7.91. The Hall–Kier alpha value is -1.95.